The minimum Gasteiger partial charge on any atom is -0.352 e. The number of aromatic amines is 1. The van der Waals surface area contributed by atoms with Crippen LogP contribution in [0.25, 0.3) is 22.0 Å². The number of hydrogen-bond donors (Lipinski definition) is 3. The number of alkyl halides is 2. The number of nitrogens with zero attached hydrogens (tertiary/aromatic N) is 2. The first-order chi connectivity index (χ1) is 19.5. The fraction of sp³-hybridized carbons (Fsp3) is 0.200. The Labute approximate surface area is 233 Å². The Morgan fingerprint density at radius 1 is 0.925 bits per heavy atom. The summed E-state index contributed by atoms with van der Waals surface area (Å²) in [6.07, 6.45) is 2.35. The maximum atomic E-state index is 13.2. The van der Waals surface area contributed by atoms with Crippen LogP contribution in [-0.4, -0.2) is 33.3 Å². The molecule has 0 fully saturated rings. The zero-order chi connectivity index (χ0) is 27.9. The smallest absolute Gasteiger partial charge is 0.264 e. The third-order valence-corrected chi connectivity index (χ3v) is 7.36. The van der Waals surface area contributed by atoms with Crippen molar-refractivity contribution in [3.63, 3.8) is 0 Å². The molecule has 0 aliphatic heterocycles. The van der Waals surface area contributed by atoms with Crippen molar-refractivity contribution >= 4 is 33.9 Å². The van der Waals surface area contributed by atoms with Gasteiger partial charge in [0.1, 0.15) is 10.7 Å². The van der Waals surface area contributed by atoms with E-state index in [1.165, 1.54) is 35.7 Å². The highest BCUT2D eigenvalue weighted by molar-refractivity contribution is 7.11. The molecule has 0 bridgehead atoms. The van der Waals surface area contributed by atoms with Gasteiger partial charge in [-0.1, -0.05) is 54.6 Å². The lowest BCUT2D eigenvalue weighted by Gasteiger charge is -2.16. The molecule has 0 saturated heterocycles. The van der Waals surface area contributed by atoms with Crippen molar-refractivity contribution in [3.05, 3.63) is 106 Å². The van der Waals surface area contributed by atoms with Crippen LogP contribution in [-0.2, 0) is 0 Å². The van der Waals surface area contributed by atoms with E-state index < -0.39 is 18.4 Å². The van der Waals surface area contributed by atoms with Crippen LogP contribution in [0.2, 0.25) is 0 Å². The number of halogens is 2. The third kappa shape index (κ3) is 6.40. The number of rotatable bonds is 11. The molecule has 204 valence electrons. The van der Waals surface area contributed by atoms with Gasteiger partial charge in [0.25, 0.3) is 18.2 Å². The Hall–Kier alpha value is -4.44. The van der Waals surface area contributed by atoms with Crippen LogP contribution in [0.1, 0.15) is 63.1 Å². The topological polar surface area (TPSA) is 99.8 Å². The average molecular weight is 560 g/mol. The van der Waals surface area contributed by atoms with Gasteiger partial charge in [-0.25, -0.2) is 13.8 Å². The first-order valence-electron chi connectivity index (χ1n) is 12.9. The van der Waals surface area contributed by atoms with Crippen molar-refractivity contribution in [2.24, 2.45) is 0 Å². The summed E-state index contributed by atoms with van der Waals surface area (Å²) >= 11 is 1.25. The third-order valence-electron chi connectivity index (χ3n) is 6.59. The van der Waals surface area contributed by atoms with Crippen molar-refractivity contribution in [1.29, 1.82) is 0 Å². The van der Waals surface area contributed by atoms with E-state index in [1.807, 2.05) is 18.2 Å². The molecular weight excluding hydrogens is 532 g/mol. The summed E-state index contributed by atoms with van der Waals surface area (Å²) in [6, 6.07) is 19.6. The molecule has 2 aromatic heterocycles. The van der Waals surface area contributed by atoms with Crippen molar-refractivity contribution in [2.45, 2.75) is 31.7 Å². The van der Waals surface area contributed by atoms with Gasteiger partial charge >= 0.3 is 0 Å². The van der Waals surface area contributed by atoms with Crippen LogP contribution in [0.5, 0.6) is 0 Å². The SMILES string of the molecule is O=C(N[C@@H](CCCCNC(=O)c1ccccc1C(F)F)c1ncc(-c2ccc3ccccc3c2)[nH]1)c1cncs1. The summed E-state index contributed by atoms with van der Waals surface area (Å²) in [5, 5.41) is 8.02. The highest BCUT2D eigenvalue weighted by Gasteiger charge is 2.21. The number of hydrogen-bond acceptors (Lipinski definition) is 5. The average Bonchev–Trinajstić information content (AvgIpc) is 3.69. The summed E-state index contributed by atoms with van der Waals surface area (Å²) in [5.74, 6) is -0.152. The predicted molar refractivity (Wildman–Crippen MR) is 151 cm³/mol. The Kier molecular flexibility index (Phi) is 8.56. The molecule has 5 rings (SSSR count). The molecule has 1 atom stereocenters. The number of carbonyl (C=O) groups is 2. The number of unbranched alkanes of at least 4 members (excludes halogenated alkanes) is 1. The zero-order valence-electron chi connectivity index (χ0n) is 21.4. The number of benzene rings is 3. The number of carbonyl (C=O) groups excluding carboxylic acids is 2. The highest BCUT2D eigenvalue weighted by Crippen LogP contribution is 2.26. The number of nitrogens with one attached hydrogen (secondary N) is 3. The Morgan fingerprint density at radius 3 is 2.52 bits per heavy atom. The van der Waals surface area contributed by atoms with E-state index in [2.05, 4.69) is 49.9 Å². The van der Waals surface area contributed by atoms with Crippen molar-refractivity contribution in [1.82, 2.24) is 25.6 Å². The monoisotopic (exact) mass is 559 g/mol. The number of imidazole rings is 1. The Bertz CT molecular complexity index is 1600. The molecule has 0 saturated carbocycles. The van der Waals surface area contributed by atoms with Crippen molar-refractivity contribution in [3.8, 4) is 11.3 Å². The minimum absolute atomic E-state index is 0.0241. The van der Waals surface area contributed by atoms with Gasteiger partial charge in [0.15, 0.2) is 0 Å². The Balaban J connectivity index is 1.24. The number of thiazole rings is 1. The zero-order valence-corrected chi connectivity index (χ0v) is 22.3. The molecule has 40 heavy (non-hydrogen) atoms. The predicted octanol–water partition coefficient (Wildman–Crippen LogP) is 6.70. The molecular formula is C30H27F2N5O2S. The molecule has 0 unspecified atom stereocenters. The van der Waals surface area contributed by atoms with Gasteiger partial charge in [-0.05, 0) is 42.2 Å². The van der Waals surface area contributed by atoms with Crippen LogP contribution in [0.3, 0.4) is 0 Å². The van der Waals surface area contributed by atoms with Gasteiger partial charge in [-0.3, -0.25) is 14.6 Å². The standard InChI is InChI=1S/C30H27F2N5O2S/c31-27(32)22-9-3-4-10-23(22)29(38)34-14-6-5-11-24(37-30(39)26-17-33-18-40-26)28-35-16-25(36-28)21-13-12-19-7-1-2-8-20(19)15-21/h1-4,7-10,12-13,15-18,24,27H,5-6,11,14H2,(H,34,38)(H,35,36)(H,37,39)/t24-/m0/s1. The molecule has 2 amide bonds. The highest BCUT2D eigenvalue weighted by atomic mass is 32.1. The lowest BCUT2D eigenvalue weighted by molar-refractivity contribution is 0.0934. The molecule has 3 N–H and O–H groups in total. The van der Waals surface area contributed by atoms with Crippen molar-refractivity contribution in [2.75, 3.05) is 6.54 Å². The number of H-pyrrole nitrogens is 1. The van der Waals surface area contributed by atoms with Crippen LogP contribution in [0.4, 0.5) is 8.78 Å². The largest absolute Gasteiger partial charge is 0.352 e. The second-order valence-corrected chi connectivity index (χ2v) is 10.2. The van der Waals surface area contributed by atoms with E-state index >= 15 is 0 Å². The van der Waals surface area contributed by atoms with E-state index in [1.54, 1.807) is 17.8 Å². The summed E-state index contributed by atoms with van der Waals surface area (Å²) < 4.78 is 26.5. The molecule has 7 nitrogen and oxygen atoms in total. The fourth-order valence-corrected chi connectivity index (χ4v) is 5.04. The van der Waals surface area contributed by atoms with E-state index in [-0.39, 0.29) is 17.0 Å². The molecule has 3 aromatic carbocycles. The maximum Gasteiger partial charge on any atom is 0.264 e. The first-order valence-corrected chi connectivity index (χ1v) is 13.8. The molecule has 5 aromatic rings. The second kappa shape index (κ2) is 12.6. The summed E-state index contributed by atoms with van der Waals surface area (Å²) in [6.45, 7) is 0.312. The lowest BCUT2D eigenvalue weighted by atomic mass is 10.1. The van der Waals surface area contributed by atoms with E-state index in [4.69, 9.17) is 0 Å². The second-order valence-electron chi connectivity index (χ2n) is 9.28. The van der Waals surface area contributed by atoms with Gasteiger partial charge in [0, 0.05) is 23.2 Å². The van der Waals surface area contributed by atoms with Gasteiger partial charge in [-0.2, -0.15) is 0 Å². The first kappa shape index (κ1) is 27.1. The van der Waals surface area contributed by atoms with Gasteiger partial charge in [0.2, 0.25) is 0 Å². The summed E-state index contributed by atoms with van der Waals surface area (Å²) in [7, 11) is 0. The summed E-state index contributed by atoms with van der Waals surface area (Å²) in [4.78, 5) is 37.7. The van der Waals surface area contributed by atoms with Crippen molar-refractivity contribution < 1.29 is 18.4 Å². The molecule has 0 aliphatic carbocycles. The molecule has 2 heterocycles. The molecule has 10 heteroatoms. The van der Waals surface area contributed by atoms with E-state index in [0.29, 0.717) is 36.5 Å². The van der Waals surface area contributed by atoms with E-state index in [9.17, 15) is 18.4 Å². The number of amides is 2. The normalized spacial score (nSPS) is 12.0. The van der Waals surface area contributed by atoms with Gasteiger partial charge < -0.3 is 15.6 Å². The number of fused-ring (bicyclic) bond motifs is 1. The van der Waals surface area contributed by atoms with Gasteiger partial charge in [0.05, 0.1) is 29.6 Å². The number of aromatic nitrogens is 3. The van der Waals surface area contributed by atoms with Gasteiger partial charge in [-0.15, -0.1) is 11.3 Å². The maximum absolute atomic E-state index is 13.2. The van der Waals surface area contributed by atoms with Crippen LogP contribution >= 0.6 is 11.3 Å². The molecule has 0 spiro atoms. The summed E-state index contributed by atoms with van der Waals surface area (Å²) in [5.41, 5.74) is 3.11. The van der Waals surface area contributed by atoms with Crippen LogP contribution in [0.15, 0.2) is 84.6 Å². The van der Waals surface area contributed by atoms with Crippen LogP contribution < -0.4 is 10.6 Å². The Morgan fingerprint density at radius 2 is 1.73 bits per heavy atom. The van der Waals surface area contributed by atoms with Crippen LogP contribution in [0, 0.1) is 0 Å². The molecule has 0 aliphatic rings. The minimum atomic E-state index is -2.72. The fourth-order valence-electron chi connectivity index (χ4n) is 4.52. The lowest BCUT2D eigenvalue weighted by Crippen LogP contribution is -2.29. The quantitative estimate of drug-likeness (QED) is 0.157. The molecule has 0 radical (unpaired) electrons. The van der Waals surface area contributed by atoms with E-state index in [0.717, 1.165) is 22.0 Å².